The van der Waals surface area contributed by atoms with Crippen molar-refractivity contribution in [3.05, 3.63) is 0 Å². The summed E-state index contributed by atoms with van der Waals surface area (Å²) in [6.07, 6.45) is 4.01. The van der Waals surface area contributed by atoms with Crippen molar-refractivity contribution in [2.24, 2.45) is 11.1 Å². The Kier molecular flexibility index (Phi) is 6.24. The maximum Gasteiger partial charge on any atom is 0.311 e. The summed E-state index contributed by atoms with van der Waals surface area (Å²) in [6.45, 7) is 0.468. The highest BCUT2D eigenvalue weighted by atomic mass is 16.5. The van der Waals surface area contributed by atoms with E-state index >= 15 is 0 Å². The molecular formula is C13H24N2O4. The lowest BCUT2D eigenvalue weighted by Gasteiger charge is -2.33. The summed E-state index contributed by atoms with van der Waals surface area (Å²) in [6, 6.07) is 0. The van der Waals surface area contributed by atoms with Gasteiger partial charge in [-0.1, -0.05) is 19.3 Å². The second-order valence-corrected chi connectivity index (χ2v) is 5.22. The highest BCUT2D eigenvalue weighted by molar-refractivity contribution is 5.79. The fourth-order valence-electron chi connectivity index (χ4n) is 2.50. The molecule has 1 aliphatic carbocycles. The average molecular weight is 272 g/mol. The number of carbonyl (C=O) groups is 2. The molecular weight excluding hydrogens is 248 g/mol. The highest BCUT2D eigenvalue weighted by Crippen LogP contribution is 2.35. The Morgan fingerprint density at radius 2 is 2.00 bits per heavy atom. The van der Waals surface area contributed by atoms with Crippen LogP contribution in [0.25, 0.3) is 0 Å². The van der Waals surface area contributed by atoms with Crippen molar-refractivity contribution < 1.29 is 19.4 Å². The normalized spacial score (nSPS) is 19.7. The first-order valence-electron chi connectivity index (χ1n) is 6.77. The fraction of sp³-hybridized carbons (Fsp3) is 0.846. The van der Waals surface area contributed by atoms with Crippen LogP contribution in [-0.4, -0.2) is 43.3 Å². The number of carbonyl (C=O) groups excluding carboxylic acids is 1. The average Bonchev–Trinajstić information content (AvgIpc) is 2.43. The summed E-state index contributed by atoms with van der Waals surface area (Å²) >= 11 is 0. The fourth-order valence-corrected chi connectivity index (χ4v) is 2.50. The van der Waals surface area contributed by atoms with Crippen molar-refractivity contribution in [1.82, 2.24) is 5.32 Å². The zero-order chi connectivity index (χ0) is 14.3. The topological polar surface area (TPSA) is 102 Å². The monoisotopic (exact) mass is 272 g/mol. The minimum absolute atomic E-state index is 0.169. The summed E-state index contributed by atoms with van der Waals surface area (Å²) in [5.41, 5.74) is 4.65. The molecule has 1 fully saturated rings. The highest BCUT2D eigenvalue weighted by Gasteiger charge is 2.39. The molecule has 4 N–H and O–H groups in total. The Morgan fingerprint density at radius 3 is 2.47 bits per heavy atom. The molecule has 0 saturated heterocycles. The molecule has 1 amide bonds. The Hall–Kier alpha value is -1.14. The number of nitrogens with two attached hydrogens (primary N) is 1. The van der Waals surface area contributed by atoms with Crippen LogP contribution in [0.5, 0.6) is 0 Å². The molecule has 0 aromatic rings. The second kappa shape index (κ2) is 7.45. The lowest BCUT2D eigenvalue weighted by atomic mass is 9.74. The molecule has 1 atom stereocenters. The lowest BCUT2D eigenvalue weighted by molar-refractivity contribution is -0.151. The zero-order valence-corrected chi connectivity index (χ0v) is 11.5. The van der Waals surface area contributed by atoms with Crippen molar-refractivity contribution in [2.45, 2.75) is 44.6 Å². The molecule has 0 aliphatic heterocycles. The second-order valence-electron chi connectivity index (χ2n) is 5.22. The number of carboxylic acid groups (broad SMARTS) is 1. The number of nitrogens with one attached hydrogen (secondary N) is 1. The van der Waals surface area contributed by atoms with Crippen LogP contribution >= 0.6 is 0 Å². The minimum atomic E-state index is -0.811. The molecule has 6 nitrogen and oxygen atoms in total. The number of hydrogen-bond donors (Lipinski definition) is 3. The van der Waals surface area contributed by atoms with E-state index in [1.165, 1.54) is 7.11 Å². The Morgan fingerprint density at radius 1 is 1.37 bits per heavy atom. The van der Waals surface area contributed by atoms with Gasteiger partial charge in [-0.25, -0.2) is 0 Å². The number of hydrogen-bond acceptors (Lipinski definition) is 4. The Balaban J connectivity index is 2.48. The molecule has 0 aromatic carbocycles. The molecule has 1 unspecified atom stereocenters. The summed E-state index contributed by atoms with van der Waals surface area (Å²) < 4.78 is 5.03. The first-order valence-corrected chi connectivity index (χ1v) is 6.77. The van der Waals surface area contributed by atoms with E-state index in [-0.39, 0.29) is 31.5 Å². The molecule has 0 spiro atoms. The SMILES string of the molecule is COC(CN)CC(=O)NCC1(C(=O)O)CCCCC1. The maximum atomic E-state index is 11.7. The Labute approximate surface area is 113 Å². The summed E-state index contributed by atoms with van der Waals surface area (Å²) in [7, 11) is 1.50. The van der Waals surface area contributed by atoms with Gasteiger partial charge in [0.25, 0.3) is 0 Å². The van der Waals surface area contributed by atoms with Gasteiger partial charge in [-0.2, -0.15) is 0 Å². The molecule has 1 rings (SSSR count). The van der Waals surface area contributed by atoms with E-state index in [9.17, 15) is 14.7 Å². The molecule has 0 heterocycles. The van der Waals surface area contributed by atoms with Crippen LogP contribution in [0.2, 0.25) is 0 Å². The van der Waals surface area contributed by atoms with Gasteiger partial charge in [0.15, 0.2) is 0 Å². The van der Waals surface area contributed by atoms with E-state index in [1.807, 2.05) is 0 Å². The zero-order valence-electron chi connectivity index (χ0n) is 11.5. The quantitative estimate of drug-likeness (QED) is 0.626. The van der Waals surface area contributed by atoms with Gasteiger partial charge < -0.3 is 20.9 Å². The van der Waals surface area contributed by atoms with Crippen LogP contribution in [0.15, 0.2) is 0 Å². The number of aliphatic carboxylic acids is 1. The molecule has 1 saturated carbocycles. The minimum Gasteiger partial charge on any atom is -0.481 e. The third-order valence-corrected chi connectivity index (χ3v) is 3.90. The largest absolute Gasteiger partial charge is 0.481 e. The van der Waals surface area contributed by atoms with Crippen molar-refractivity contribution in [2.75, 3.05) is 20.2 Å². The summed E-state index contributed by atoms with van der Waals surface area (Å²) in [5, 5.41) is 12.1. The molecule has 0 bridgehead atoms. The van der Waals surface area contributed by atoms with Gasteiger partial charge in [-0.3, -0.25) is 9.59 Å². The first kappa shape index (κ1) is 15.9. The Bertz CT molecular complexity index is 310. The molecule has 1 aliphatic rings. The van der Waals surface area contributed by atoms with Gasteiger partial charge in [0.2, 0.25) is 5.91 Å². The number of methoxy groups -OCH3 is 1. The van der Waals surface area contributed by atoms with E-state index in [1.54, 1.807) is 0 Å². The number of amides is 1. The van der Waals surface area contributed by atoms with Gasteiger partial charge in [-0.15, -0.1) is 0 Å². The van der Waals surface area contributed by atoms with Gasteiger partial charge in [0.05, 0.1) is 17.9 Å². The van der Waals surface area contributed by atoms with E-state index < -0.39 is 11.4 Å². The van der Waals surface area contributed by atoms with Crippen LogP contribution < -0.4 is 11.1 Å². The van der Waals surface area contributed by atoms with Crippen molar-refractivity contribution in [1.29, 1.82) is 0 Å². The summed E-state index contributed by atoms with van der Waals surface area (Å²) in [5.74, 6) is -1.02. The number of rotatable bonds is 7. The number of ether oxygens (including phenoxy) is 1. The first-order chi connectivity index (χ1) is 9.04. The van der Waals surface area contributed by atoms with Gasteiger partial charge in [0.1, 0.15) is 0 Å². The molecule has 0 aromatic heterocycles. The van der Waals surface area contributed by atoms with Gasteiger partial charge >= 0.3 is 5.97 Å². The van der Waals surface area contributed by atoms with Crippen molar-refractivity contribution >= 4 is 11.9 Å². The van der Waals surface area contributed by atoms with Crippen LogP contribution in [0.1, 0.15) is 38.5 Å². The van der Waals surface area contributed by atoms with E-state index in [2.05, 4.69) is 5.32 Å². The van der Waals surface area contributed by atoms with Crippen LogP contribution in [0.4, 0.5) is 0 Å². The van der Waals surface area contributed by atoms with Crippen LogP contribution in [0, 0.1) is 5.41 Å². The van der Waals surface area contributed by atoms with Crippen molar-refractivity contribution in [3.8, 4) is 0 Å². The van der Waals surface area contributed by atoms with E-state index in [0.717, 1.165) is 19.3 Å². The smallest absolute Gasteiger partial charge is 0.311 e. The van der Waals surface area contributed by atoms with Crippen LogP contribution in [0.3, 0.4) is 0 Å². The third kappa shape index (κ3) is 4.47. The summed E-state index contributed by atoms with van der Waals surface area (Å²) in [4.78, 5) is 23.2. The third-order valence-electron chi connectivity index (χ3n) is 3.90. The maximum absolute atomic E-state index is 11.7. The molecule has 19 heavy (non-hydrogen) atoms. The van der Waals surface area contributed by atoms with Gasteiger partial charge in [0, 0.05) is 20.2 Å². The molecule has 6 heteroatoms. The predicted octanol–water partition coefficient (Wildman–Crippen LogP) is 0.502. The van der Waals surface area contributed by atoms with Crippen molar-refractivity contribution in [3.63, 3.8) is 0 Å². The van der Waals surface area contributed by atoms with Gasteiger partial charge in [-0.05, 0) is 12.8 Å². The molecule has 110 valence electrons. The van der Waals surface area contributed by atoms with E-state index in [4.69, 9.17) is 10.5 Å². The molecule has 0 radical (unpaired) electrons. The van der Waals surface area contributed by atoms with E-state index in [0.29, 0.717) is 12.8 Å². The van der Waals surface area contributed by atoms with Crippen LogP contribution in [-0.2, 0) is 14.3 Å². The standard InChI is InChI=1S/C13H24N2O4/c1-19-10(8-14)7-11(16)15-9-13(12(17)18)5-3-2-4-6-13/h10H,2-9,14H2,1H3,(H,15,16)(H,17,18). The number of carboxylic acids is 1. The lowest BCUT2D eigenvalue weighted by Crippen LogP contribution is -2.45. The predicted molar refractivity (Wildman–Crippen MR) is 70.6 cm³/mol.